The number of aromatic nitrogens is 2. The van der Waals surface area contributed by atoms with Crippen LogP contribution in [0.5, 0.6) is 0 Å². The van der Waals surface area contributed by atoms with Crippen LogP contribution in [-0.2, 0) is 19.5 Å². The van der Waals surface area contributed by atoms with Crippen LogP contribution in [-0.4, -0.2) is 21.4 Å². The Labute approximate surface area is 149 Å². The number of hydrogen-bond acceptors (Lipinski definition) is 3. The van der Waals surface area contributed by atoms with E-state index in [1.54, 1.807) is 0 Å². The quantitative estimate of drug-likeness (QED) is 0.786. The summed E-state index contributed by atoms with van der Waals surface area (Å²) in [5.74, 6) is -0.590. The van der Waals surface area contributed by atoms with Crippen molar-refractivity contribution in [3.8, 4) is 11.4 Å². The summed E-state index contributed by atoms with van der Waals surface area (Å²) in [6.45, 7) is 1.03. The predicted molar refractivity (Wildman–Crippen MR) is 94.5 cm³/mol. The highest BCUT2D eigenvalue weighted by atomic mass is 19.1. The first-order valence-corrected chi connectivity index (χ1v) is 8.44. The Hall–Kier alpha value is -2.86. The van der Waals surface area contributed by atoms with Crippen molar-refractivity contribution in [1.29, 1.82) is 0 Å². The Morgan fingerprint density at radius 1 is 1.04 bits per heavy atom. The van der Waals surface area contributed by atoms with Gasteiger partial charge in [-0.3, -0.25) is 9.69 Å². The normalized spacial score (nSPS) is 14.2. The third kappa shape index (κ3) is 3.15. The van der Waals surface area contributed by atoms with Crippen molar-refractivity contribution < 1.29 is 8.78 Å². The molecule has 132 valence electrons. The lowest BCUT2D eigenvalue weighted by Crippen LogP contribution is -2.35. The molecule has 0 atom stereocenters. The number of aromatic amines is 1. The Balaban J connectivity index is 1.61. The topological polar surface area (TPSA) is 49.0 Å². The Kier molecular flexibility index (Phi) is 4.34. The zero-order valence-corrected chi connectivity index (χ0v) is 14.0. The van der Waals surface area contributed by atoms with E-state index in [-0.39, 0.29) is 17.7 Å². The molecule has 0 saturated carbocycles. The lowest BCUT2D eigenvalue weighted by atomic mass is 10.0. The fourth-order valence-corrected chi connectivity index (χ4v) is 3.26. The van der Waals surface area contributed by atoms with Crippen molar-refractivity contribution >= 4 is 0 Å². The van der Waals surface area contributed by atoms with E-state index >= 15 is 0 Å². The number of fused-ring (bicyclic) bond motifs is 1. The third-order valence-electron chi connectivity index (χ3n) is 4.64. The number of hydrogen-bond donors (Lipinski definition) is 1. The van der Waals surface area contributed by atoms with Crippen LogP contribution in [0.1, 0.15) is 16.8 Å². The number of nitrogens with zero attached hydrogens (tertiary/aromatic N) is 2. The molecule has 0 saturated heterocycles. The van der Waals surface area contributed by atoms with Crippen molar-refractivity contribution in [2.75, 3.05) is 6.54 Å². The van der Waals surface area contributed by atoms with Crippen LogP contribution in [0, 0.1) is 11.6 Å². The molecule has 2 heterocycles. The second-order valence-electron chi connectivity index (χ2n) is 6.37. The molecule has 4 nitrogen and oxygen atoms in total. The molecule has 0 amide bonds. The van der Waals surface area contributed by atoms with Crippen molar-refractivity contribution in [2.45, 2.75) is 19.5 Å². The van der Waals surface area contributed by atoms with Crippen LogP contribution in [0.3, 0.4) is 0 Å². The second-order valence-corrected chi connectivity index (χ2v) is 6.37. The van der Waals surface area contributed by atoms with Crippen molar-refractivity contribution in [1.82, 2.24) is 14.9 Å². The van der Waals surface area contributed by atoms with Gasteiger partial charge in [-0.1, -0.05) is 36.4 Å². The van der Waals surface area contributed by atoms with Crippen molar-refractivity contribution in [3.05, 3.63) is 87.3 Å². The van der Waals surface area contributed by atoms with Gasteiger partial charge in [0.25, 0.3) is 5.56 Å². The minimum atomic E-state index is -0.567. The molecule has 0 aliphatic carbocycles. The average molecular weight is 353 g/mol. The summed E-state index contributed by atoms with van der Waals surface area (Å²) in [5.41, 5.74) is 1.99. The van der Waals surface area contributed by atoms with Crippen LogP contribution in [0.15, 0.2) is 53.3 Å². The van der Waals surface area contributed by atoms with Gasteiger partial charge in [-0.2, -0.15) is 0 Å². The van der Waals surface area contributed by atoms with E-state index in [0.29, 0.717) is 30.9 Å². The van der Waals surface area contributed by atoms with E-state index in [2.05, 4.69) is 9.97 Å². The summed E-state index contributed by atoms with van der Waals surface area (Å²) in [7, 11) is 0. The molecule has 26 heavy (non-hydrogen) atoms. The Bertz CT molecular complexity index is 981. The summed E-state index contributed by atoms with van der Waals surface area (Å²) in [5, 5.41) is 0. The molecule has 6 heteroatoms. The van der Waals surface area contributed by atoms with Crippen LogP contribution < -0.4 is 5.56 Å². The van der Waals surface area contributed by atoms with Gasteiger partial charge in [0, 0.05) is 37.2 Å². The molecule has 0 radical (unpaired) electrons. The lowest BCUT2D eigenvalue weighted by molar-refractivity contribution is 0.235. The van der Waals surface area contributed by atoms with Crippen molar-refractivity contribution in [3.63, 3.8) is 0 Å². The van der Waals surface area contributed by atoms with Gasteiger partial charge in [-0.15, -0.1) is 0 Å². The SMILES string of the molecule is O=c1[nH]c(-c2ccccc2)nc2c1CN(Cc1c(F)cccc1F)CC2. The first-order valence-electron chi connectivity index (χ1n) is 8.44. The minimum absolute atomic E-state index is 0.0289. The number of nitrogens with one attached hydrogen (secondary N) is 1. The highest BCUT2D eigenvalue weighted by Gasteiger charge is 2.23. The molecule has 2 aromatic carbocycles. The highest BCUT2D eigenvalue weighted by molar-refractivity contribution is 5.54. The maximum absolute atomic E-state index is 13.9. The summed E-state index contributed by atoms with van der Waals surface area (Å²) in [4.78, 5) is 21.8. The second kappa shape index (κ2) is 6.80. The van der Waals surface area contributed by atoms with E-state index in [0.717, 1.165) is 11.3 Å². The fourth-order valence-electron chi connectivity index (χ4n) is 3.26. The summed E-state index contributed by atoms with van der Waals surface area (Å²) >= 11 is 0. The van der Waals surface area contributed by atoms with Gasteiger partial charge >= 0.3 is 0 Å². The van der Waals surface area contributed by atoms with E-state index in [9.17, 15) is 13.6 Å². The summed E-state index contributed by atoms with van der Waals surface area (Å²) < 4.78 is 27.7. The van der Waals surface area contributed by atoms with E-state index < -0.39 is 11.6 Å². The molecule has 1 aliphatic rings. The van der Waals surface area contributed by atoms with Crippen LogP contribution in [0.2, 0.25) is 0 Å². The van der Waals surface area contributed by atoms with Gasteiger partial charge in [0.05, 0.1) is 11.3 Å². The van der Waals surface area contributed by atoms with Gasteiger partial charge < -0.3 is 4.98 Å². The first kappa shape index (κ1) is 16.6. The maximum Gasteiger partial charge on any atom is 0.255 e. The molecular formula is C20H17F2N3O. The first-order chi connectivity index (χ1) is 12.6. The van der Waals surface area contributed by atoms with Crippen LogP contribution in [0.25, 0.3) is 11.4 Å². The molecule has 0 bridgehead atoms. The largest absolute Gasteiger partial charge is 0.306 e. The van der Waals surface area contributed by atoms with Crippen molar-refractivity contribution in [2.24, 2.45) is 0 Å². The van der Waals surface area contributed by atoms with E-state index in [1.807, 2.05) is 35.2 Å². The van der Waals surface area contributed by atoms with Crippen LogP contribution in [0.4, 0.5) is 8.78 Å². The molecule has 3 aromatic rings. The van der Waals surface area contributed by atoms with Gasteiger partial charge in [-0.25, -0.2) is 13.8 Å². The molecule has 1 aliphatic heterocycles. The molecule has 4 rings (SSSR count). The standard InChI is InChI=1S/C20H17F2N3O/c21-16-7-4-8-17(22)14(16)11-25-10-9-18-15(12-25)20(26)24-19(23-18)13-5-2-1-3-6-13/h1-8H,9-12H2,(H,23,24,26). The van der Waals surface area contributed by atoms with E-state index in [4.69, 9.17) is 0 Å². The number of benzene rings is 2. The van der Waals surface area contributed by atoms with Gasteiger partial charge in [0.15, 0.2) is 0 Å². The number of rotatable bonds is 3. The fraction of sp³-hybridized carbons (Fsp3) is 0.200. The molecule has 0 spiro atoms. The maximum atomic E-state index is 13.9. The lowest BCUT2D eigenvalue weighted by Gasteiger charge is -2.28. The molecule has 1 aromatic heterocycles. The molecule has 0 fully saturated rings. The number of H-pyrrole nitrogens is 1. The zero-order valence-electron chi connectivity index (χ0n) is 14.0. The van der Waals surface area contributed by atoms with Gasteiger partial charge in [0.2, 0.25) is 0 Å². The predicted octanol–water partition coefficient (Wildman–Crippen LogP) is 3.27. The molecule has 1 N–H and O–H groups in total. The minimum Gasteiger partial charge on any atom is -0.306 e. The monoisotopic (exact) mass is 353 g/mol. The Morgan fingerprint density at radius 3 is 2.50 bits per heavy atom. The third-order valence-corrected chi connectivity index (χ3v) is 4.64. The summed E-state index contributed by atoms with van der Waals surface area (Å²) in [6.07, 6.45) is 0.565. The highest BCUT2D eigenvalue weighted by Crippen LogP contribution is 2.21. The molecular weight excluding hydrogens is 336 g/mol. The number of halogens is 2. The van der Waals surface area contributed by atoms with Gasteiger partial charge in [0.1, 0.15) is 17.5 Å². The van der Waals surface area contributed by atoms with Gasteiger partial charge in [-0.05, 0) is 12.1 Å². The van der Waals surface area contributed by atoms with Crippen LogP contribution >= 0.6 is 0 Å². The van der Waals surface area contributed by atoms with E-state index in [1.165, 1.54) is 18.2 Å². The zero-order chi connectivity index (χ0) is 18.1. The molecule has 0 unspecified atom stereocenters. The Morgan fingerprint density at radius 2 is 1.77 bits per heavy atom. The average Bonchev–Trinajstić information content (AvgIpc) is 2.66. The smallest absolute Gasteiger partial charge is 0.255 e. The summed E-state index contributed by atoms with van der Waals surface area (Å²) in [6, 6.07) is 13.3.